The Hall–Kier alpha value is -0.0800. The first-order chi connectivity index (χ1) is 6.02. The van der Waals surface area contributed by atoms with E-state index in [2.05, 4.69) is 6.92 Å². The first kappa shape index (κ1) is 11.0. The summed E-state index contributed by atoms with van der Waals surface area (Å²) in [7, 11) is 0. The van der Waals surface area contributed by atoms with E-state index in [1.54, 1.807) is 0 Å². The first-order valence-corrected chi connectivity index (χ1v) is 5.42. The fraction of sp³-hybridized carbons (Fsp3) is 1.00. The van der Waals surface area contributed by atoms with Crippen molar-refractivity contribution in [3.05, 3.63) is 0 Å². The summed E-state index contributed by atoms with van der Waals surface area (Å²) in [5, 5.41) is 19.7. The summed E-state index contributed by atoms with van der Waals surface area (Å²) >= 11 is 0. The highest BCUT2D eigenvalue weighted by atomic mass is 16.3. The predicted molar refractivity (Wildman–Crippen MR) is 53.4 cm³/mol. The van der Waals surface area contributed by atoms with Crippen molar-refractivity contribution in [2.75, 3.05) is 0 Å². The summed E-state index contributed by atoms with van der Waals surface area (Å²) in [6, 6.07) is 0. The highest BCUT2D eigenvalue weighted by molar-refractivity contribution is 5.08. The third-order valence-corrected chi connectivity index (χ3v) is 3.17. The highest BCUT2D eigenvalue weighted by Gasteiger charge is 2.57. The minimum atomic E-state index is -0.747. The molecule has 1 saturated carbocycles. The zero-order valence-electron chi connectivity index (χ0n) is 8.95. The molecule has 0 heterocycles. The van der Waals surface area contributed by atoms with Crippen LogP contribution < -0.4 is 0 Å². The van der Waals surface area contributed by atoms with Crippen molar-refractivity contribution in [1.29, 1.82) is 0 Å². The van der Waals surface area contributed by atoms with Gasteiger partial charge in [0.2, 0.25) is 0 Å². The average Bonchev–Trinajstić information content (AvgIpc) is 2.73. The summed E-state index contributed by atoms with van der Waals surface area (Å²) in [6.07, 6.45) is 3.67. The molecule has 2 N–H and O–H groups in total. The lowest BCUT2D eigenvalue weighted by Crippen LogP contribution is -2.34. The molecule has 3 atom stereocenters. The normalized spacial score (nSPS) is 35.1. The van der Waals surface area contributed by atoms with Crippen molar-refractivity contribution in [2.45, 2.75) is 58.2 Å². The van der Waals surface area contributed by atoms with Crippen LogP contribution in [0.25, 0.3) is 0 Å². The van der Waals surface area contributed by atoms with Gasteiger partial charge in [0.15, 0.2) is 0 Å². The van der Waals surface area contributed by atoms with Gasteiger partial charge in [0.25, 0.3) is 0 Å². The third-order valence-electron chi connectivity index (χ3n) is 3.17. The summed E-state index contributed by atoms with van der Waals surface area (Å²) < 4.78 is 0. The molecule has 1 aliphatic rings. The molecule has 0 spiro atoms. The average molecular weight is 186 g/mol. The van der Waals surface area contributed by atoms with Crippen molar-refractivity contribution in [3.63, 3.8) is 0 Å². The summed E-state index contributed by atoms with van der Waals surface area (Å²) in [4.78, 5) is 0. The number of hydrogen-bond donors (Lipinski definition) is 2. The fourth-order valence-corrected chi connectivity index (χ4v) is 2.08. The van der Waals surface area contributed by atoms with Gasteiger partial charge in [-0.3, -0.25) is 0 Å². The lowest BCUT2D eigenvalue weighted by atomic mass is 9.97. The fourth-order valence-electron chi connectivity index (χ4n) is 2.08. The Kier molecular flexibility index (Phi) is 3.36. The Bertz CT molecular complexity index is 167. The predicted octanol–water partition coefficient (Wildman–Crippen LogP) is 1.94. The third kappa shape index (κ3) is 2.23. The molecule has 13 heavy (non-hydrogen) atoms. The summed E-state index contributed by atoms with van der Waals surface area (Å²) in [5.74, 6) is 0.515. The van der Waals surface area contributed by atoms with Crippen LogP contribution in [0.15, 0.2) is 0 Å². The van der Waals surface area contributed by atoms with E-state index >= 15 is 0 Å². The van der Waals surface area contributed by atoms with Crippen molar-refractivity contribution < 1.29 is 10.2 Å². The van der Waals surface area contributed by atoms with E-state index in [0.717, 1.165) is 19.3 Å². The van der Waals surface area contributed by atoms with Gasteiger partial charge in [0.05, 0.1) is 11.7 Å². The van der Waals surface area contributed by atoms with E-state index in [9.17, 15) is 10.2 Å². The van der Waals surface area contributed by atoms with Crippen molar-refractivity contribution in [2.24, 2.45) is 11.8 Å². The number of aliphatic hydroxyl groups excluding tert-OH is 1. The lowest BCUT2D eigenvalue weighted by Gasteiger charge is -2.21. The number of aliphatic hydroxyl groups is 2. The molecule has 1 rings (SSSR count). The van der Waals surface area contributed by atoms with Gasteiger partial charge in [-0.15, -0.1) is 0 Å². The van der Waals surface area contributed by atoms with E-state index in [1.165, 1.54) is 6.42 Å². The van der Waals surface area contributed by atoms with E-state index < -0.39 is 11.7 Å². The Balaban J connectivity index is 2.35. The smallest absolute Gasteiger partial charge is 0.0940 e. The second-order valence-electron chi connectivity index (χ2n) is 4.72. The maximum atomic E-state index is 10.0. The number of rotatable bonds is 5. The van der Waals surface area contributed by atoms with Crippen LogP contribution in [0.1, 0.15) is 46.5 Å². The molecule has 0 aromatic rings. The second-order valence-corrected chi connectivity index (χ2v) is 4.72. The molecule has 0 aromatic heterocycles. The first-order valence-electron chi connectivity index (χ1n) is 5.42. The summed E-state index contributed by atoms with van der Waals surface area (Å²) in [6.45, 7) is 6.07. The Morgan fingerprint density at radius 3 is 2.54 bits per heavy atom. The SMILES string of the molecule is CCCC[C@H]1C[C@@]1(O)[C@H](O)C(C)C. The summed E-state index contributed by atoms with van der Waals surface area (Å²) in [5.41, 5.74) is -0.747. The van der Waals surface area contributed by atoms with Gasteiger partial charge in [0, 0.05) is 0 Å². The van der Waals surface area contributed by atoms with E-state index in [-0.39, 0.29) is 5.92 Å². The van der Waals surface area contributed by atoms with Crippen molar-refractivity contribution >= 4 is 0 Å². The molecule has 0 aromatic carbocycles. The van der Waals surface area contributed by atoms with Crippen LogP contribution in [0, 0.1) is 11.8 Å². The second kappa shape index (κ2) is 3.97. The molecule has 78 valence electrons. The maximum absolute atomic E-state index is 10.0. The standard InChI is InChI=1S/C11H22O2/c1-4-5-6-9-7-11(9,13)10(12)8(2)3/h8-10,12-13H,4-7H2,1-3H3/t9-,10+,11-/m0/s1. The van der Waals surface area contributed by atoms with Gasteiger partial charge in [0.1, 0.15) is 0 Å². The minimum absolute atomic E-state index is 0.164. The molecule has 0 radical (unpaired) electrons. The molecule has 0 aliphatic heterocycles. The quantitative estimate of drug-likeness (QED) is 0.689. The Morgan fingerprint density at radius 1 is 1.46 bits per heavy atom. The maximum Gasteiger partial charge on any atom is 0.0940 e. The minimum Gasteiger partial charge on any atom is -0.390 e. The Labute approximate surface area is 81.0 Å². The number of unbranched alkanes of at least 4 members (excludes halogenated alkanes) is 1. The molecule has 1 aliphatic carbocycles. The highest BCUT2D eigenvalue weighted by Crippen LogP contribution is 2.50. The van der Waals surface area contributed by atoms with Crippen molar-refractivity contribution in [1.82, 2.24) is 0 Å². The van der Waals surface area contributed by atoms with Gasteiger partial charge in [-0.1, -0.05) is 33.6 Å². The molecule has 0 unspecified atom stereocenters. The molecular formula is C11H22O2. The van der Waals surface area contributed by atoms with Crippen LogP contribution in [0.2, 0.25) is 0 Å². The van der Waals surface area contributed by atoms with Crippen LogP contribution >= 0.6 is 0 Å². The van der Waals surface area contributed by atoms with Crippen LogP contribution in [0.3, 0.4) is 0 Å². The monoisotopic (exact) mass is 186 g/mol. The van der Waals surface area contributed by atoms with Gasteiger partial charge < -0.3 is 10.2 Å². The molecule has 0 bridgehead atoms. The van der Waals surface area contributed by atoms with E-state index in [1.807, 2.05) is 13.8 Å². The Morgan fingerprint density at radius 2 is 2.08 bits per heavy atom. The van der Waals surface area contributed by atoms with E-state index in [4.69, 9.17) is 0 Å². The number of hydrogen-bond acceptors (Lipinski definition) is 2. The molecule has 2 nitrogen and oxygen atoms in total. The topological polar surface area (TPSA) is 40.5 Å². The van der Waals surface area contributed by atoms with Crippen LogP contribution in [0.5, 0.6) is 0 Å². The molecule has 2 heteroatoms. The molecule has 0 saturated heterocycles. The van der Waals surface area contributed by atoms with Crippen LogP contribution in [0.4, 0.5) is 0 Å². The molecule has 0 amide bonds. The van der Waals surface area contributed by atoms with Crippen LogP contribution in [-0.4, -0.2) is 21.9 Å². The van der Waals surface area contributed by atoms with Crippen LogP contribution in [-0.2, 0) is 0 Å². The molecular weight excluding hydrogens is 164 g/mol. The van der Waals surface area contributed by atoms with E-state index in [0.29, 0.717) is 5.92 Å². The van der Waals surface area contributed by atoms with Gasteiger partial charge >= 0.3 is 0 Å². The van der Waals surface area contributed by atoms with Gasteiger partial charge in [-0.2, -0.15) is 0 Å². The largest absolute Gasteiger partial charge is 0.390 e. The van der Waals surface area contributed by atoms with Gasteiger partial charge in [-0.25, -0.2) is 0 Å². The zero-order valence-corrected chi connectivity index (χ0v) is 8.95. The van der Waals surface area contributed by atoms with Gasteiger partial charge in [-0.05, 0) is 24.7 Å². The molecule has 1 fully saturated rings. The lowest BCUT2D eigenvalue weighted by molar-refractivity contribution is -0.0375. The van der Waals surface area contributed by atoms with Crippen molar-refractivity contribution in [3.8, 4) is 0 Å². The zero-order chi connectivity index (χ0) is 10.1.